The molecule has 6 heteroatoms. The molecule has 0 aliphatic rings. The van der Waals surface area contributed by atoms with Crippen LogP contribution in [0.1, 0.15) is 26.2 Å². The summed E-state index contributed by atoms with van der Waals surface area (Å²) >= 11 is 0. The molecule has 0 aromatic carbocycles. The Kier molecular flexibility index (Phi) is 12.9. The van der Waals surface area contributed by atoms with Gasteiger partial charge in [-0.1, -0.05) is 6.58 Å². The molecule has 0 unspecified atom stereocenters. The highest BCUT2D eigenvalue weighted by Gasteiger charge is 2.04. The highest BCUT2D eigenvalue weighted by molar-refractivity contribution is 5.94. The molecule has 6 nitrogen and oxygen atoms in total. The highest BCUT2D eigenvalue weighted by Crippen LogP contribution is 1.92. The molecule has 0 saturated heterocycles. The van der Waals surface area contributed by atoms with Crippen LogP contribution in [-0.2, 0) is 19.1 Å². The summed E-state index contributed by atoms with van der Waals surface area (Å²) in [5.41, 5.74) is 0. The normalized spacial score (nSPS) is 8.59. The van der Waals surface area contributed by atoms with Crippen LogP contribution in [0.4, 0.5) is 0 Å². The lowest BCUT2D eigenvalue weighted by atomic mass is 10.3. The van der Waals surface area contributed by atoms with Crippen molar-refractivity contribution in [2.75, 3.05) is 13.2 Å². The van der Waals surface area contributed by atoms with E-state index in [0.717, 1.165) is 6.08 Å². The van der Waals surface area contributed by atoms with Crippen LogP contribution >= 0.6 is 0 Å². The highest BCUT2D eigenvalue weighted by atomic mass is 16.5. The first kappa shape index (κ1) is 17.7. The number of aliphatic hydroxyl groups excluding tert-OH is 1. The number of rotatable bonds is 7. The summed E-state index contributed by atoms with van der Waals surface area (Å²) in [6.45, 7) is 4.69. The van der Waals surface area contributed by atoms with Crippen molar-refractivity contribution in [3.63, 3.8) is 0 Å². The number of esters is 1. The zero-order valence-electron chi connectivity index (χ0n) is 9.85. The second kappa shape index (κ2) is 12.4. The number of unbranched alkanes of at least 4 members (excludes halogenated alkanes) is 1. The molecule has 0 fully saturated rings. The molecular weight excluding hydrogens is 228 g/mol. The van der Waals surface area contributed by atoms with E-state index >= 15 is 0 Å². The van der Waals surface area contributed by atoms with Crippen molar-refractivity contribution in [1.82, 2.24) is 0 Å². The predicted octanol–water partition coefficient (Wildman–Crippen LogP) is 0.538. The molecular formula is C11H18O6. The summed E-state index contributed by atoms with van der Waals surface area (Å²) < 4.78 is 4.68. The first-order valence-electron chi connectivity index (χ1n) is 5.05. The Labute approximate surface area is 99.9 Å². The molecule has 0 amide bonds. The monoisotopic (exact) mass is 246 g/mol. The number of carbonyl (C=O) groups excluding carboxylic acids is 2. The van der Waals surface area contributed by atoms with Gasteiger partial charge >= 0.3 is 11.9 Å². The van der Waals surface area contributed by atoms with E-state index in [2.05, 4.69) is 11.3 Å². The van der Waals surface area contributed by atoms with Gasteiger partial charge in [0.1, 0.15) is 12.2 Å². The molecule has 2 N–H and O–H groups in total. The number of hydrogen-bond acceptors (Lipinski definition) is 5. The van der Waals surface area contributed by atoms with Crippen molar-refractivity contribution in [2.24, 2.45) is 0 Å². The average Bonchev–Trinajstić information content (AvgIpc) is 2.24. The predicted molar refractivity (Wildman–Crippen MR) is 60.4 cm³/mol. The average molecular weight is 246 g/mol. The van der Waals surface area contributed by atoms with Crippen LogP contribution in [0.5, 0.6) is 0 Å². The maximum absolute atomic E-state index is 10.7. The van der Waals surface area contributed by atoms with Crippen LogP contribution in [0.15, 0.2) is 12.7 Å². The van der Waals surface area contributed by atoms with Crippen molar-refractivity contribution in [3.05, 3.63) is 12.7 Å². The minimum atomic E-state index is -0.981. The van der Waals surface area contributed by atoms with E-state index in [1.807, 2.05) is 0 Å². The Hall–Kier alpha value is -1.69. The number of carboxylic acids is 1. The molecule has 98 valence electrons. The summed E-state index contributed by atoms with van der Waals surface area (Å²) in [7, 11) is 0. The third-order valence-electron chi connectivity index (χ3n) is 1.38. The summed E-state index contributed by atoms with van der Waals surface area (Å²) in [6, 6.07) is 0. The lowest BCUT2D eigenvalue weighted by Crippen LogP contribution is -2.09. The molecule has 0 aliphatic carbocycles. The van der Waals surface area contributed by atoms with Gasteiger partial charge in [-0.25, -0.2) is 4.79 Å². The Morgan fingerprint density at radius 1 is 1.29 bits per heavy atom. The molecule has 0 heterocycles. The zero-order valence-corrected chi connectivity index (χ0v) is 9.85. The fraction of sp³-hybridized carbons (Fsp3) is 0.545. The number of ketones is 1. The maximum atomic E-state index is 10.7. The van der Waals surface area contributed by atoms with Gasteiger partial charge in [0.25, 0.3) is 0 Å². The molecule has 0 spiro atoms. The first-order chi connectivity index (χ1) is 7.93. The number of ether oxygens (including phenoxy) is 1. The fourth-order valence-corrected chi connectivity index (χ4v) is 0.654. The van der Waals surface area contributed by atoms with Crippen LogP contribution in [-0.4, -0.2) is 41.1 Å². The molecule has 17 heavy (non-hydrogen) atoms. The van der Waals surface area contributed by atoms with Gasteiger partial charge in [0.2, 0.25) is 0 Å². The Morgan fingerprint density at radius 2 is 1.82 bits per heavy atom. The van der Waals surface area contributed by atoms with Crippen LogP contribution in [0.2, 0.25) is 0 Å². The smallest absolute Gasteiger partial charge is 0.327 e. The van der Waals surface area contributed by atoms with Gasteiger partial charge in [-0.05, 0) is 19.8 Å². The van der Waals surface area contributed by atoms with Gasteiger partial charge < -0.3 is 14.9 Å². The van der Waals surface area contributed by atoms with Crippen molar-refractivity contribution in [2.45, 2.75) is 26.2 Å². The lowest BCUT2D eigenvalue weighted by molar-refractivity contribution is -0.145. The van der Waals surface area contributed by atoms with E-state index in [1.54, 1.807) is 0 Å². The van der Waals surface area contributed by atoms with E-state index in [1.165, 1.54) is 6.92 Å². The maximum Gasteiger partial charge on any atom is 0.327 e. The molecule has 0 aromatic heterocycles. The van der Waals surface area contributed by atoms with E-state index in [0.29, 0.717) is 12.8 Å². The van der Waals surface area contributed by atoms with E-state index in [-0.39, 0.29) is 25.4 Å². The first-order valence-corrected chi connectivity index (χ1v) is 5.05. The number of carboxylic acid groups (broad SMARTS) is 1. The quantitative estimate of drug-likeness (QED) is 0.294. The molecule has 0 radical (unpaired) electrons. The summed E-state index contributed by atoms with van der Waals surface area (Å²) in [6.07, 6.45) is 1.94. The van der Waals surface area contributed by atoms with Gasteiger partial charge in [-0.15, -0.1) is 0 Å². The van der Waals surface area contributed by atoms with Crippen molar-refractivity contribution < 1.29 is 29.3 Å². The SMILES string of the molecule is C=CC(=O)O.CC(=O)CC(=O)OCCCCO. The number of aliphatic hydroxyl groups is 1. The summed E-state index contributed by atoms with van der Waals surface area (Å²) in [5, 5.41) is 16.0. The standard InChI is InChI=1S/C8H14O4.C3H4O2/c1-7(10)6-8(11)12-5-3-2-4-9;1-2-3(4)5/h9H,2-6H2,1H3;2H,1H2,(H,4,5). The van der Waals surface area contributed by atoms with E-state index in [9.17, 15) is 14.4 Å². The number of Topliss-reactive ketones (excluding diaryl/α,β-unsaturated/α-hetero) is 1. The third kappa shape index (κ3) is 20.4. The molecule has 0 atom stereocenters. The van der Waals surface area contributed by atoms with Crippen molar-refractivity contribution in [3.8, 4) is 0 Å². The second-order valence-electron chi connectivity index (χ2n) is 3.07. The van der Waals surface area contributed by atoms with E-state index in [4.69, 9.17) is 10.2 Å². The topological polar surface area (TPSA) is 101 Å². The fourth-order valence-electron chi connectivity index (χ4n) is 0.654. The Morgan fingerprint density at radius 3 is 2.18 bits per heavy atom. The zero-order chi connectivity index (χ0) is 13.7. The number of aliphatic carboxylic acids is 1. The van der Waals surface area contributed by atoms with Gasteiger partial charge in [-0.2, -0.15) is 0 Å². The second-order valence-corrected chi connectivity index (χ2v) is 3.07. The third-order valence-corrected chi connectivity index (χ3v) is 1.38. The molecule has 0 aromatic rings. The Bertz CT molecular complexity index is 259. The van der Waals surface area contributed by atoms with Gasteiger partial charge in [0.15, 0.2) is 0 Å². The molecule has 0 saturated carbocycles. The van der Waals surface area contributed by atoms with Crippen LogP contribution in [0.3, 0.4) is 0 Å². The molecule has 0 bridgehead atoms. The van der Waals surface area contributed by atoms with Crippen LogP contribution in [0.25, 0.3) is 0 Å². The van der Waals surface area contributed by atoms with Gasteiger partial charge in [0.05, 0.1) is 6.61 Å². The molecule has 0 rings (SSSR count). The number of carbonyl (C=O) groups is 3. The largest absolute Gasteiger partial charge is 0.478 e. The number of hydrogen-bond donors (Lipinski definition) is 2. The van der Waals surface area contributed by atoms with Crippen molar-refractivity contribution >= 4 is 17.7 Å². The minimum absolute atomic E-state index is 0.101. The molecule has 0 aliphatic heterocycles. The van der Waals surface area contributed by atoms with Crippen molar-refractivity contribution in [1.29, 1.82) is 0 Å². The Balaban J connectivity index is 0. The van der Waals surface area contributed by atoms with Gasteiger partial charge in [0, 0.05) is 12.7 Å². The van der Waals surface area contributed by atoms with E-state index < -0.39 is 11.9 Å². The van der Waals surface area contributed by atoms with Crippen LogP contribution < -0.4 is 0 Å². The lowest BCUT2D eigenvalue weighted by Gasteiger charge is -2.01. The summed E-state index contributed by atoms with van der Waals surface area (Å²) in [5.74, 6) is -1.66. The van der Waals surface area contributed by atoms with Gasteiger partial charge in [-0.3, -0.25) is 9.59 Å². The van der Waals surface area contributed by atoms with Crippen LogP contribution in [0, 0.1) is 0 Å². The minimum Gasteiger partial charge on any atom is -0.478 e. The summed E-state index contributed by atoms with van der Waals surface area (Å²) in [4.78, 5) is 30.4.